The van der Waals surface area contributed by atoms with Gasteiger partial charge in [-0.05, 0) is 61.7 Å². The van der Waals surface area contributed by atoms with Crippen LogP contribution in [0.4, 0.5) is 5.69 Å². The Hall–Kier alpha value is -2.29. The first kappa shape index (κ1) is 25.3. The molecule has 0 bridgehead atoms. The van der Waals surface area contributed by atoms with E-state index < -0.39 is 16.1 Å². The molecule has 1 aliphatic rings. The van der Waals surface area contributed by atoms with Crippen LogP contribution in [0, 0.1) is 0 Å². The molecule has 7 nitrogen and oxygen atoms in total. The molecule has 9 heteroatoms. The molecule has 1 heterocycles. The van der Waals surface area contributed by atoms with E-state index in [1.165, 1.54) is 31.6 Å². The number of methoxy groups -OCH3 is 1. The Morgan fingerprint density at radius 3 is 2.33 bits per heavy atom. The zero-order chi connectivity index (χ0) is 24.0. The van der Waals surface area contributed by atoms with Crippen molar-refractivity contribution < 1.29 is 17.9 Å². The molecule has 0 aromatic heterocycles. The monoisotopic (exact) mass is 493 g/mol. The number of sulfonamides is 1. The lowest BCUT2D eigenvalue weighted by Crippen LogP contribution is -2.49. The number of hydrogen-bond donors (Lipinski definition) is 1. The van der Waals surface area contributed by atoms with Crippen molar-refractivity contribution in [3.63, 3.8) is 0 Å². The second-order valence-corrected chi connectivity index (χ2v) is 10.6. The maximum Gasteiger partial charge on any atom is 0.244 e. The number of halogens is 1. The van der Waals surface area contributed by atoms with Gasteiger partial charge in [0.15, 0.2) is 0 Å². The summed E-state index contributed by atoms with van der Waals surface area (Å²) in [4.78, 5) is 15.5. The van der Waals surface area contributed by atoms with Gasteiger partial charge in [0.2, 0.25) is 15.9 Å². The number of amides is 1. The first-order valence-electron chi connectivity index (χ1n) is 11.1. The molecule has 0 radical (unpaired) electrons. The number of anilines is 1. The molecule has 1 N–H and O–H groups in total. The largest absolute Gasteiger partial charge is 0.495 e. The van der Waals surface area contributed by atoms with Crippen LogP contribution < -0.4 is 14.4 Å². The minimum atomic E-state index is -3.74. The highest BCUT2D eigenvalue weighted by Gasteiger charge is 2.31. The molecule has 0 unspecified atom stereocenters. The van der Waals surface area contributed by atoms with E-state index in [1.807, 2.05) is 12.1 Å². The normalized spacial score (nSPS) is 15.3. The third-order valence-electron chi connectivity index (χ3n) is 5.81. The van der Waals surface area contributed by atoms with Crippen LogP contribution >= 0.6 is 11.6 Å². The average Bonchev–Trinajstić information content (AvgIpc) is 3.29. The molecule has 1 fully saturated rings. The van der Waals surface area contributed by atoms with Gasteiger partial charge >= 0.3 is 0 Å². The Bertz CT molecular complexity index is 1050. The predicted molar refractivity (Wildman–Crippen MR) is 132 cm³/mol. The number of carbonyl (C=O) groups excluding carboxylic acids is 1. The summed E-state index contributed by atoms with van der Waals surface area (Å²) >= 11 is 6.21. The van der Waals surface area contributed by atoms with Crippen LogP contribution in [0.5, 0.6) is 5.75 Å². The number of carbonyl (C=O) groups is 1. The lowest BCUT2D eigenvalue weighted by atomic mass is 10.1. The Balaban J connectivity index is 1.69. The highest BCUT2D eigenvalue weighted by atomic mass is 35.5. The summed E-state index contributed by atoms with van der Waals surface area (Å²) in [6.45, 7) is 5.33. The molecule has 33 heavy (non-hydrogen) atoms. The van der Waals surface area contributed by atoms with E-state index in [9.17, 15) is 13.2 Å². The van der Waals surface area contributed by atoms with Gasteiger partial charge in [0.25, 0.3) is 0 Å². The number of likely N-dealkylation sites (tertiary alicyclic amines) is 1. The van der Waals surface area contributed by atoms with Crippen LogP contribution in [0.1, 0.15) is 37.3 Å². The van der Waals surface area contributed by atoms with Crippen molar-refractivity contribution in [3.8, 4) is 5.75 Å². The minimum Gasteiger partial charge on any atom is -0.495 e. The van der Waals surface area contributed by atoms with Crippen molar-refractivity contribution in [3.05, 3.63) is 58.6 Å². The van der Waals surface area contributed by atoms with Gasteiger partial charge in [0.05, 0.1) is 24.1 Å². The van der Waals surface area contributed by atoms with E-state index in [-0.39, 0.29) is 10.9 Å². The molecule has 180 valence electrons. The van der Waals surface area contributed by atoms with Gasteiger partial charge in [-0.3, -0.25) is 14.0 Å². The van der Waals surface area contributed by atoms with E-state index in [4.69, 9.17) is 16.3 Å². The number of hydrogen-bond acceptors (Lipinski definition) is 5. The third-order valence-corrected chi connectivity index (χ3v) is 7.29. The zero-order valence-electron chi connectivity index (χ0n) is 19.4. The lowest BCUT2D eigenvalue weighted by molar-refractivity contribution is -0.122. The predicted octanol–water partition coefficient (Wildman–Crippen LogP) is 3.81. The van der Waals surface area contributed by atoms with Gasteiger partial charge in [-0.2, -0.15) is 0 Å². The lowest BCUT2D eigenvalue weighted by Gasteiger charge is -2.30. The standard InChI is InChI=1S/C24H32ClN3O4S/c1-4-22(28(33(3,30)31)20-11-12-23(32-2)21(25)15-20)24(29)26-16-18-7-9-19(10-8-18)17-27-13-5-6-14-27/h7-12,15,22H,4-6,13-14,16-17H2,1-3H3,(H,26,29)/t22-/m1/s1. The zero-order valence-corrected chi connectivity index (χ0v) is 21.0. The average molecular weight is 494 g/mol. The second kappa shape index (κ2) is 11.2. The number of benzene rings is 2. The number of rotatable bonds is 10. The summed E-state index contributed by atoms with van der Waals surface area (Å²) in [5, 5.41) is 3.16. The van der Waals surface area contributed by atoms with Crippen LogP contribution in [0.15, 0.2) is 42.5 Å². The number of ether oxygens (including phenoxy) is 1. The minimum absolute atomic E-state index is 0.271. The molecule has 1 aliphatic heterocycles. The SMILES string of the molecule is CC[C@H](C(=O)NCc1ccc(CN2CCCC2)cc1)N(c1ccc(OC)c(Cl)c1)S(C)(=O)=O. The van der Waals surface area contributed by atoms with Crippen LogP contribution in [0.2, 0.25) is 5.02 Å². The van der Waals surface area contributed by atoms with Gasteiger partial charge in [-0.1, -0.05) is 42.8 Å². The van der Waals surface area contributed by atoms with Gasteiger partial charge < -0.3 is 10.1 Å². The topological polar surface area (TPSA) is 79.0 Å². The van der Waals surface area contributed by atoms with E-state index >= 15 is 0 Å². The van der Waals surface area contributed by atoms with Crippen LogP contribution in [0.3, 0.4) is 0 Å². The van der Waals surface area contributed by atoms with E-state index in [1.54, 1.807) is 19.1 Å². The first-order chi connectivity index (χ1) is 15.7. The molecule has 0 spiro atoms. The first-order valence-corrected chi connectivity index (χ1v) is 13.4. The van der Waals surface area contributed by atoms with Crippen molar-refractivity contribution in [2.45, 2.75) is 45.3 Å². The van der Waals surface area contributed by atoms with Crippen LogP contribution in [0.25, 0.3) is 0 Å². The van der Waals surface area contributed by atoms with Crippen molar-refractivity contribution in [1.29, 1.82) is 0 Å². The molecular weight excluding hydrogens is 462 g/mol. The Kier molecular flexibility index (Phi) is 8.62. The van der Waals surface area contributed by atoms with E-state index in [0.29, 0.717) is 24.4 Å². The number of nitrogens with zero attached hydrogens (tertiary/aromatic N) is 2. The maximum absolute atomic E-state index is 13.0. The van der Waals surface area contributed by atoms with Crippen LogP contribution in [-0.4, -0.2) is 51.7 Å². The Morgan fingerprint density at radius 2 is 1.79 bits per heavy atom. The summed E-state index contributed by atoms with van der Waals surface area (Å²) in [6, 6.07) is 11.9. The molecule has 1 saturated heterocycles. The van der Waals surface area contributed by atoms with Crippen molar-refractivity contribution in [1.82, 2.24) is 10.2 Å². The fourth-order valence-corrected chi connectivity index (χ4v) is 5.58. The van der Waals surface area contributed by atoms with Gasteiger partial charge in [-0.15, -0.1) is 0 Å². The molecule has 1 amide bonds. The van der Waals surface area contributed by atoms with E-state index in [0.717, 1.165) is 35.8 Å². The maximum atomic E-state index is 13.0. The quantitative estimate of drug-likeness (QED) is 0.544. The fourth-order valence-electron chi connectivity index (χ4n) is 4.12. The highest BCUT2D eigenvalue weighted by molar-refractivity contribution is 7.92. The van der Waals surface area contributed by atoms with Crippen molar-refractivity contribution in [2.75, 3.05) is 30.8 Å². The van der Waals surface area contributed by atoms with Crippen molar-refractivity contribution >= 4 is 33.2 Å². The molecule has 3 rings (SSSR count). The molecule has 2 aromatic rings. The van der Waals surface area contributed by atoms with Crippen LogP contribution in [-0.2, 0) is 27.9 Å². The van der Waals surface area contributed by atoms with Gasteiger partial charge in [0.1, 0.15) is 11.8 Å². The second-order valence-electron chi connectivity index (χ2n) is 8.32. The summed E-state index contributed by atoms with van der Waals surface area (Å²) < 4.78 is 31.5. The van der Waals surface area contributed by atoms with Gasteiger partial charge in [0, 0.05) is 13.1 Å². The summed E-state index contributed by atoms with van der Waals surface area (Å²) in [6.07, 6.45) is 3.91. The smallest absolute Gasteiger partial charge is 0.244 e. The number of nitrogens with one attached hydrogen (secondary N) is 1. The fraction of sp³-hybridized carbons (Fsp3) is 0.458. The van der Waals surface area contributed by atoms with Crippen molar-refractivity contribution in [2.24, 2.45) is 0 Å². The molecule has 0 saturated carbocycles. The third kappa shape index (κ3) is 6.62. The molecule has 2 aromatic carbocycles. The molecule has 1 atom stereocenters. The summed E-state index contributed by atoms with van der Waals surface area (Å²) in [5.74, 6) is 0.0653. The summed E-state index contributed by atoms with van der Waals surface area (Å²) in [5.41, 5.74) is 2.52. The van der Waals surface area contributed by atoms with Gasteiger partial charge in [-0.25, -0.2) is 8.42 Å². The highest BCUT2D eigenvalue weighted by Crippen LogP contribution is 2.31. The molecular formula is C24H32ClN3O4S. The molecule has 0 aliphatic carbocycles. The Morgan fingerprint density at radius 1 is 1.15 bits per heavy atom. The summed E-state index contributed by atoms with van der Waals surface area (Å²) in [7, 11) is -2.26. The Labute approximate surface area is 201 Å². The van der Waals surface area contributed by atoms with E-state index in [2.05, 4.69) is 22.3 Å².